The Morgan fingerprint density at radius 3 is 2.31 bits per heavy atom. The first-order chi connectivity index (χ1) is 12.5. The van der Waals surface area contributed by atoms with Crippen LogP contribution in [0.4, 0.5) is 0 Å². The zero-order valence-corrected chi connectivity index (χ0v) is 16.8. The highest BCUT2D eigenvalue weighted by Gasteiger charge is 2.10. The van der Waals surface area contributed by atoms with Crippen molar-refractivity contribution in [2.75, 3.05) is 6.61 Å². The fraction of sp³-hybridized carbons (Fsp3) is 0.619. The molecule has 0 aliphatic heterocycles. The van der Waals surface area contributed by atoms with Gasteiger partial charge in [-0.25, -0.2) is 0 Å². The maximum absolute atomic E-state index is 11.8. The third kappa shape index (κ3) is 10.4. The van der Waals surface area contributed by atoms with Crippen LogP contribution in [-0.2, 0) is 14.3 Å². The molecule has 0 aliphatic rings. The van der Waals surface area contributed by atoms with Crippen LogP contribution in [0.5, 0.6) is 5.75 Å². The molecule has 5 heteroatoms. The predicted octanol–water partition coefficient (Wildman–Crippen LogP) is 6.02. The van der Waals surface area contributed by atoms with Crippen LogP contribution in [0.15, 0.2) is 18.2 Å². The lowest BCUT2D eigenvalue weighted by atomic mass is 10.1. The Bertz CT molecular complexity index is 557. The highest BCUT2D eigenvalue weighted by molar-refractivity contribution is 6.32. The van der Waals surface area contributed by atoms with Crippen molar-refractivity contribution in [3.8, 4) is 5.75 Å². The number of ether oxygens (including phenoxy) is 2. The Labute approximate surface area is 162 Å². The van der Waals surface area contributed by atoms with Gasteiger partial charge in [0.15, 0.2) is 0 Å². The van der Waals surface area contributed by atoms with E-state index in [-0.39, 0.29) is 18.8 Å². The van der Waals surface area contributed by atoms with E-state index in [2.05, 4.69) is 6.92 Å². The van der Waals surface area contributed by atoms with Crippen molar-refractivity contribution in [3.63, 3.8) is 0 Å². The monoisotopic (exact) mass is 382 g/mol. The number of rotatable bonds is 13. The average molecular weight is 383 g/mol. The van der Waals surface area contributed by atoms with Crippen molar-refractivity contribution in [3.05, 3.63) is 28.8 Å². The first-order valence-corrected chi connectivity index (χ1v) is 10.0. The van der Waals surface area contributed by atoms with Crippen LogP contribution in [0.3, 0.4) is 0 Å². The van der Waals surface area contributed by atoms with Crippen molar-refractivity contribution in [2.24, 2.45) is 0 Å². The van der Waals surface area contributed by atoms with Gasteiger partial charge in [0.05, 0.1) is 11.6 Å². The molecule has 1 rings (SSSR count). The van der Waals surface area contributed by atoms with Gasteiger partial charge in [0.1, 0.15) is 5.75 Å². The number of carbonyl (C=O) groups excluding carboxylic acids is 2. The predicted molar refractivity (Wildman–Crippen MR) is 105 cm³/mol. The Hall–Kier alpha value is -1.55. The second-order valence-corrected chi connectivity index (χ2v) is 7.01. The number of hydrogen-bond acceptors (Lipinski definition) is 4. The van der Waals surface area contributed by atoms with Gasteiger partial charge in [-0.2, -0.15) is 0 Å². The summed E-state index contributed by atoms with van der Waals surface area (Å²) in [6.07, 6.45) is 9.12. The number of halogens is 1. The van der Waals surface area contributed by atoms with E-state index in [1.807, 2.05) is 13.0 Å². The minimum Gasteiger partial charge on any atom is -0.466 e. The average Bonchev–Trinajstić information content (AvgIpc) is 2.60. The van der Waals surface area contributed by atoms with E-state index in [0.29, 0.717) is 23.8 Å². The number of benzene rings is 1. The van der Waals surface area contributed by atoms with Crippen molar-refractivity contribution in [1.82, 2.24) is 0 Å². The molecule has 0 saturated carbocycles. The largest absolute Gasteiger partial charge is 0.466 e. The van der Waals surface area contributed by atoms with Crippen molar-refractivity contribution >= 4 is 23.5 Å². The van der Waals surface area contributed by atoms with Crippen LogP contribution in [0.2, 0.25) is 5.02 Å². The van der Waals surface area contributed by atoms with Crippen LogP contribution in [0.1, 0.15) is 76.7 Å². The number of esters is 2. The molecule has 0 atom stereocenters. The van der Waals surface area contributed by atoms with E-state index in [4.69, 9.17) is 21.1 Å². The summed E-state index contributed by atoms with van der Waals surface area (Å²) in [4.78, 5) is 23.5. The van der Waals surface area contributed by atoms with Crippen LogP contribution in [0, 0.1) is 6.92 Å². The first-order valence-electron chi connectivity index (χ1n) is 9.65. The quantitative estimate of drug-likeness (QED) is 0.238. The first kappa shape index (κ1) is 22.5. The lowest BCUT2D eigenvalue weighted by Crippen LogP contribution is -2.11. The Morgan fingerprint density at radius 1 is 0.923 bits per heavy atom. The Balaban J connectivity index is 2.06. The maximum atomic E-state index is 11.8. The number of aryl methyl sites for hydroxylation is 1. The van der Waals surface area contributed by atoms with Gasteiger partial charge >= 0.3 is 11.9 Å². The summed E-state index contributed by atoms with van der Waals surface area (Å²) in [7, 11) is 0. The number of hydrogen-bond donors (Lipinski definition) is 0. The fourth-order valence-electron chi connectivity index (χ4n) is 2.56. The standard InChI is InChI=1S/C21H31ClO4/c1-3-4-5-6-7-8-9-15-25-20(23)11-10-12-21(24)26-19-16-17(2)13-14-18(19)22/h13-14,16H,3-12,15H2,1-2H3. The molecule has 0 radical (unpaired) electrons. The van der Waals surface area contributed by atoms with Gasteiger partial charge in [0, 0.05) is 12.8 Å². The topological polar surface area (TPSA) is 52.6 Å². The van der Waals surface area contributed by atoms with Gasteiger partial charge < -0.3 is 9.47 Å². The van der Waals surface area contributed by atoms with Crippen LogP contribution < -0.4 is 4.74 Å². The summed E-state index contributed by atoms with van der Waals surface area (Å²) in [6.45, 7) is 4.57. The molecule has 4 nitrogen and oxygen atoms in total. The van der Waals surface area contributed by atoms with E-state index in [1.165, 1.54) is 32.1 Å². The normalized spacial score (nSPS) is 10.6. The summed E-state index contributed by atoms with van der Waals surface area (Å²) in [5.74, 6) is -0.284. The molecule has 146 valence electrons. The van der Waals surface area contributed by atoms with Crippen LogP contribution in [-0.4, -0.2) is 18.5 Å². The summed E-state index contributed by atoms with van der Waals surface area (Å²) in [5.41, 5.74) is 0.964. The molecule has 0 spiro atoms. The molecule has 0 unspecified atom stereocenters. The molecule has 1 aromatic rings. The number of carbonyl (C=O) groups is 2. The Kier molecular flexibility index (Phi) is 11.8. The summed E-state index contributed by atoms with van der Waals surface area (Å²) in [6, 6.07) is 5.26. The molecule has 0 fully saturated rings. The highest BCUT2D eigenvalue weighted by atomic mass is 35.5. The third-order valence-electron chi connectivity index (χ3n) is 4.08. The van der Waals surface area contributed by atoms with Crippen molar-refractivity contribution in [1.29, 1.82) is 0 Å². The lowest BCUT2D eigenvalue weighted by Gasteiger charge is -2.07. The highest BCUT2D eigenvalue weighted by Crippen LogP contribution is 2.25. The Morgan fingerprint density at radius 2 is 1.58 bits per heavy atom. The molecule has 0 bridgehead atoms. The molecular weight excluding hydrogens is 352 g/mol. The third-order valence-corrected chi connectivity index (χ3v) is 4.40. The lowest BCUT2D eigenvalue weighted by molar-refractivity contribution is -0.144. The minimum absolute atomic E-state index is 0.163. The van der Waals surface area contributed by atoms with Crippen LogP contribution >= 0.6 is 11.6 Å². The molecule has 26 heavy (non-hydrogen) atoms. The van der Waals surface area contributed by atoms with Gasteiger partial charge in [-0.1, -0.05) is 63.1 Å². The van der Waals surface area contributed by atoms with E-state index < -0.39 is 5.97 Å². The molecule has 0 aliphatic carbocycles. The zero-order chi connectivity index (χ0) is 19.2. The van der Waals surface area contributed by atoms with E-state index in [9.17, 15) is 9.59 Å². The minimum atomic E-state index is -0.391. The summed E-state index contributed by atoms with van der Waals surface area (Å²) < 4.78 is 10.4. The molecular formula is C21H31ClO4. The van der Waals surface area contributed by atoms with Gasteiger partial charge in [-0.05, 0) is 37.5 Å². The van der Waals surface area contributed by atoms with Crippen LogP contribution in [0.25, 0.3) is 0 Å². The molecule has 0 N–H and O–H groups in total. The molecule has 0 saturated heterocycles. The van der Waals surface area contributed by atoms with Crippen molar-refractivity contribution in [2.45, 2.75) is 78.1 Å². The SMILES string of the molecule is CCCCCCCCCOC(=O)CCCC(=O)Oc1cc(C)ccc1Cl. The molecule has 0 aromatic heterocycles. The molecule has 1 aromatic carbocycles. The van der Waals surface area contributed by atoms with E-state index in [1.54, 1.807) is 12.1 Å². The van der Waals surface area contributed by atoms with E-state index >= 15 is 0 Å². The summed E-state index contributed by atoms with van der Waals surface area (Å²) in [5, 5.41) is 0.401. The van der Waals surface area contributed by atoms with Gasteiger partial charge in [-0.15, -0.1) is 0 Å². The second kappa shape index (κ2) is 13.6. The van der Waals surface area contributed by atoms with Gasteiger partial charge in [-0.3, -0.25) is 9.59 Å². The van der Waals surface area contributed by atoms with Crippen molar-refractivity contribution < 1.29 is 19.1 Å². The molecule has 0 amide bonds. The zero-order valence-electron chi connectivity index (χ0n) is 16.0. The summed E-state index contributed by atoms with van der Waals surface area (Å²) >= 11 is 5.99. The second-order valence-electron chi connectivity index (χ2n) is 6.60. The fourth-order valence-corrected chi connectivity index (χ4v) is 2.71. The number of unbranched alkanes of at least 4 members (excludes halogenated alkanes) is 6. The molecule has 0 heterocycles. The smallest absolute Gasteiger partial charge is 0.311 e. The van der Waals surface area contributed by atoms with Gasteiger partial charge in [0.25, 0.3) is 0 Å². The van der Waals surface area contributed by atoms with E-state index in [0.717, 1.165) is 18.4 Å². The maximum Gasteiger partial charge on any atom is 0.311 e. The van der Waals surface area contributed by atoms with Gasteiger partial charge in [0.2, 0.25) is 0 Å².